The number of ether oxygens (including phenoxy) is 1. The van der Waals surface area contributed by atoms with E-state index in [2.05, 4.69) is 30.9 Å². The van der Waals surface area contributed by atoms with Gasteiger partial charge in [-0.15, -0.1) is 0 Å². The molecule has 0 aliphatic heterocycles. The molecule has 0 radical (unpaired) electrons. The molecule has 3 rings (SSSR count). The zero-order valence-electron chi connectivity index (χ0n) is 15.7. The second-order valence-corrected chi connectivity index (χ2v) is 5.87. The maximum Gasteiger partial charge on any atom is 0.229 e. The Morgan fingerprint density at radius 2 is 2.04 bits per heavy atom. The Morgan fingerprint density at radius 1 is 1.22 bits per heavy atom. The number of methoxy groups -OCH3 is 1. The van der Waals surface area contributed by atoms with E-state index in [0.717, 1.165) is 11.4 Å². The number of anilines is 3. The van der Waals surface area contributed by atoms with Gasteiger partial charge < -0.3 is 20.7 Å². The fourth-order valence-corrected chi connectivity index (χ4v) is 2.68. The van der Waals surface area contributed by atoms with Crippen LogP contribution in [0.1, 0.15) is 11.4 Å². The minimum Gasteiger partial charge on any atom is -0.494 e. The van der Waals surface area contributed by atoms with Crippen molar-refractivity contribution in [3.8, 4) is 11.4 Å². The Balaban J connectivity index is 2.01. The summed E-state index contributed by atoms with van der Waals surface area (Å²) in [6, 6.07) is 5.08. The smallest absolute Gasteiger partial charge is 0.229 e. The molecule has 0 aliphatic rings. The molecule has 0 saturated heterocycles. The first-order valence-corrected chi connectivity index (χ1v) is 8.40. The zero-order valence-corrected chi connectivity index (χ0v) is 15.7. The number of benzene rings is 1. The second-order valence-electron chi connectivity index (χ2n) is 5.87. The molecule has 8 nitrogen and oxygen atoms in total. The monoisotopic (exact) mass is 371 g/mol. The first-order chi connectivity index (χ1) is 13.0. The number of aromatic nitrogens is 4. The zero-order chi connectivity index (χ0) is 19.4. The summed E-state index contributed by atoms with van der Waals surface area (Å²) >= 11 is 0. The van der Waals surface area contributed by atoms with Crippen LogP contribution in [0.25, 0.3) is 5.69 Å². The molecular formula is C18H22FN7O. The predicted molar refractivity (Wildman–Crippen MR) is 102 cm³/mol. The van der Waals surface area contributed by atoms with Crippen molar-refractivity contribution in [3.63, 3.8) is 0 Å². The highest BCUT2D eigenvalue weighted by Gasteiger charge is 2.17. The van der Waals surface area contributed by atoms with Crippen LogP contribution in [-0.2, 0) is 6.54 Å². The summed E-state index contributed by atoms with van der Waals surface area (Å²) in [5, 5.41) is 8.91. The molecule has 3 aromatic rings. The van der Waals surface area contributed by atoms with Crippen molar-refractivity contribution in [1.29, 1.82) is 0 Å². The molecule has 0 amide bonds. The van der Waals surface area contributed by atoms with Crippen molar-refractivity contribution >= 4 is 17.5 Å². The van der Waals surface area contributed by atoms with E-state index in [-0.39, 0.29) is 11.4 Å². The summed E-state index contributed by atoms with van der Waals surface area (Å²) in [5.41, 5.74) is 2.05. The summed E-state index contributed by atoms with van der Waals surface area (Å²) in [4.78, 5) is 12.9. The van der Waals surface area contributed by atoms with E-state index in [0.29, 0.717) is 24.1 Å². The molecule has 27 heavy (non-hydrogen) atoms. The van der Waals surface area contributed by atoms with Gasteiger partial charge in [-0.05, 0) is 26.1 Å². The van der Waals surface area contributed by atoms with Crippen molar-refractivity contribution in [2.24, 2.45) is 0 Å². The lowest BCUT2D eigenvalue weighted by Gasteiger charge is -2.14. The number of nitrogens with zero attached hydrogens (tertiary/aromatic N) is 4. The van der Waals surface area contributed by atoms with Crippen LogP contribution in [0.3, 0.4) is 0 Å². The molecule has 2 aromatic heterocycles. The number of aryl methyl sites for hydroxylation is 1. The molecule has 0 saturated carbocycles. The van der Waals surface area contributed by atoms with Gasteiger partial charge >= 0.3 is 0 Å². The maximum atomic E-state index is 15.3. The third-order valence-electron chi connectivity index (χ3n) is 3.91. The number of halogens is 1. The minimum absolute atomic E-state index is 0.238. The summed E-state index contributed by atoms with van der Waals surface area (Å²) < 4.78 is 22.2. The molecule has 0 aliphatic carbocycles. The molecule has 0 atom stereocenters. The van der Waals surface area contributed by atoms with Crippen LogP contribution in [-0.4, -0.2) is 40.7 Å². The number of imidazole rings is 1. The van der Waals surface area contributed by atoms with Crippen molar-refractivity contribution in [3.05, 3.63) is 47.9 Å². The first-order valence-electron chi connectivity index (χ1n) is 8.40. The standard InChI is InChI=1S/C18H22FN7O/c1-11-7-15(21-3)25-18(23-11)24-13-5-6-14(27-4)17(16(13)19)26-9-12(8-20-2)22-10-26/h5-7,9-10,20H,8H2,1-4H3,(H2,21,23,24,25). The summed E-state index contributed by atoms with van der Waals surface area (Å²) in [6.45, 7) is 2.43. The largest absolute Gasteiger partial charge is 0.494 e. The molecule has 0 spiro atoms. The number of hydrogen-bond acceptors (Lipinski definition) is 7. The van der Waals surface area contributed by atoms with Gasteiger partial charge in [-0.25, -0.2) is 14.4 Å². The summed E-state index contributed by atoms with van der Waals surface area (Å²) in [7, 11) is 5.09. The minimum atomic E-state index is -0.487. The Bertz CT molecular complexity index is 941. The van der Waals surface area contributed by atoms with Crippen molar-refractivity contribution in [2.45, 2.75) is 13.5 Å². The highest BCUT2D eigenvalue weighted by atomic mass is 19.1. The molecule has 1 aromatic carbocycles. The fraction of sp³-hybridized carbons (Fsp3) is 0.278. The lowest BCUT2D eigenvalue weighted by Crippen LogP contribution is -2.07. The van der Waals surface area contributed by atoms with Crippen LogP contribution in [0.5, 0.6) is 5.75 Å². The van der Waals surface area contributed by atoms with Gasteiger partial charge in [-0.2, -0.15) is 4.98 Å². The Labute approximate surface area is 156 Å². The molecule has 9 heteroatoms. The van der Waals surface area contributed by atoms with Crippen molar-refractivity contribution in [2.75, 3.05) is 31.8 Å². The third kappa shape index (κ3) is 3.98. The van der Waals surface area contributed by atoms with Gasteiger partial charge in [0.2, 0.25) is 5.95 Å². The fourth-order valence-electron chi connectivity index (χ4n) is 2.68. The van der Waals surface area contributed by atoms with Crippen molar-refractivity contribution < 1.29 is 9.13 Å². The van der Waals surface area contributed by atoms with E-state index in [9.17, 15) is 0 Å². The molecular weight excluding hydrogens is 349 g/mol. The number of hydrogen-bond donors (Lipinski definition) is 3. The van der Waals surface area contributed by atoms with Crippen LogP contribution in [0.2, 0.25) is 0 Å². The van der Waals surface area contributed by atoms with E-state index >= 15 is 4.39 Å². The highest BCUT2D eigenvalue weighted by Crippen LogP contribution is 2.32. The topological polar surface area (TPSA) is 88.9 Å². The van der Waals surface area contributed by atoms with Crippen LogP contribution >= 0.6 is 0 Å². The second kappa shape index (κ2) is 8.00. The normalized spacial score (nSPS) is 10.7. The Hall–Kier alpha value is -3.20. The van der Waals surface area contributed by atoms with Gasteiger partial charge in [-0.3, -0.25) is 4.57 Å². The lowest BCUT2D eigenvalue weighted by atomic mass is 10.2. The quantitative estimate of drug-likeness (QED) is 0.588. The van der Waals surface area contributed by atoms with Gasteiger partial charge in [0.15, 0.2) is 5.82 Å². The van der Waals surface area contributed by atoms with E-state index in [1.807, 2.05) is 14.0 Å². The van der Waals surface area contributed by atoms with Gasteiger partial charge in [0.25, 0.3) is 0 Å². The average molecular weight is 371 g/mol. The van der Waals surface area contributed by atoms with Crippen LogP contribution < -0.4 is 20.7 Å². The van der Waals surface area contributed by atoms with E-state index in [1.54, 1.807) is 42.3 Å². The maximum absolute atomic E-state index is 15.3. The van der Waals surface area contributed by atoms with E-state index in [4.69, 9.17) is 4.74 Å². The van der Waals surface area contributed by atoms with Gasteiger partial charge in [0, 0.05) is 31.5 Å². The van der Waals surface area contributed by atoms with Crippen LogP contribution in [0, 0.1) is 12.7 Å². The molecule has 142 valence electrons. The lowest BCUT2D eigenvalue weighted by molar-refractivity contribution is 0.409. The summed E-state index contributed by atoms with van der Waals surface area (Å²) in [5.74, 6) is 0.854. The number of nitrogens with one attached hydrogen (secondary N) is 3. The van der Waals surface area contributed by atoms with Gasteiger partial charge in [-0.1, -0.05) is 0 Å². The Morgan fingerprint density at radius 3 is 2.74 bits per heavy atom. The van der Waals surface area contributed by atoms with Gasteiger partial charge in [0.05, 0.1) is 24.8 Å². The summed E-state index contributed by atoms with van der Waals surface area (Å²) in [6.07, 6.45) is 3.31. The van der Waals surface area contributed by atoms with Crippen LogP contribution in [0.15, 0.2) is 30.7 Å². The van der Waals surface area contributed by atoms with Crippen molar-refractivity contribution in [1.82, 2.24) is 24.8 Å². The average Bonchev–Trinajstić information content (AvgIpc) is 3.11. The molecule has 0 bridgehead atoms. The third-order valence-corrected chi connectivity index (χ3v) is 3.91. The number of rotatable bonds is 7. The predicted octanol–water partition coefficient (Wildman–Crippen LogP) is 2.62. The van der Waals surface area contributed by atoms with E-state index < -0.39 is 5.82 Å². The highest BCUT2D eigenvalue weighted by molar-refractivity contribution is 5.64. The molecule has 3 N–H and O–H groups in total. The first kappa shape index (κ1) is 18.6. The molecule has 0 unspecified atom stereocenters. The Kier molecular flexibility index (Phi) is 5.51. The SMILES string of the molecule is CNCc1cn(-c2c(OC)ccc(Nc3nc(C)cc(NC)n3)c2F)cn1. The molecule has 2 heterocycles. The van der Waals surface area contributed by atoms with Crippen LogP contribution in [0.4, 0.5) is 21.8 Å². The molecule has 0 fully saturated rings. The van der Waals surface area contributed by atoms with Gasteiger partial charge in [0.1, 0.15) is 17.3 Å². The van der Waals surface area contributed by atoms with E-state index in [1.165, 1.54) is 7.11 Å².